The molecule has 4 heteroatoms. The topological polar surface area (TPSA) is 52.1 Å². The van der Waals surface area contributed by atoms with Crippen LogP contribution in [-0.4, -0.2) is 15.9 Å². The van der Waals surface area contributed by atoms with Gasteiger partial charge >= 0.3 is 5.97 Å². The van der Waals surface area contributed by atoms with Crippen LogP contribution in [-0.2, 0) is 17.6 Å². The maximum Gasteiger partial charge on any atom is 0.311 e. The van der Waals surface area contributed by atoms with E-state index in [4.69, 9.17) is 9.72 Å². The van der Waals surface area contributed by atoms with Crippen LogP contribution in [0.25, 0.3) is 11.4 Å². The lowest BCUT2D eigenvalue weighted by Crippen LogP contribution is -2.18. The standard InChI is InChI=1S/C25H34N2O2/c1-4-6-7-8-24(28)29-22-12-10-20(11-13-22)25-26-17-21-16-19(15-18(3)5-2)9-14-23(21)27-25/h10-13,17-19H,4-9,14-16H2,1-3H3. The molecule has 156 valence electrons. The molecule has 4 nitrogen and oxygen atoms in total. The first-order valence-corrected chi connectivity index (χ1v) is 11.2. The van der Waals surface area contributed by atoms with Crippen LogP contribution in [0.5, 0.6) is 5.75 Å². The molecule has 0 aliphatic heterocycles. The highest BCUT2D eigenvalue weighted by Gasteiger charge is 2.22. The van der Waals surface area contributed by atoms with Crippen LogP contribution in [0.3, 0.4) is 0 Å². The van der Waals surface area contributed by atoms with Gasteiger partial charge < -0.3 is 4.74 Å². The van der Waals surface area contributed by atoms with Gasteiger partial charge in [-0.3, -0.25) is 4.79 Å². The molecule has 0 N–H and O–H groups in total. The molecular weight excluding hydrogens is 360 g/mol. The van der Waals surface area contributed by atoms with Gasteiger partial charge in [0, 0.05) is 23.9 Å². The summed E-state index contributed by atoms with van der Waals surface area (Å²) in [6, 6.07) is 7.53. The van der Waals surface area contributed by atoms with Crippen molar-refractivity contribution < 1.29 is 9.53 Å². The molecule has 0 saturated heterocycles. The number of aryl methyl sites for hydroxylation is 1. The number of nitrogens with zero attached hydrogens (tertiary/aromatic N) is 2. The van der Waals surface area contributed by atoms with E-state index in [0.717, 1.165) is 55.3 Å². The molecule has 0 radical (unpaired) electrons. The number of hydrogen-bond donors (Lipinski definition) is 0. The number of ether oxygens (including phenoxy) is 1. The Labute approximate surface area is 175 Å². The van der Waals surface area contributed by atoms with Crippen LogP contribution in [0.4, 0.5) is 0 Å². The summed E-state index contributed by atoms with van der Waals surface area (Å²) < 4.78 is 5.42. The van der Waals surface area contributed by atoms with E-state index in [-0.39, 0.29) is 5.97 Å². The summed E-state index contributed by atoms with van der Waals surface area (Å²) in [5.74, 6) is 2.73. The number of carbonyl (C=O) groups excluding carboxylic acids is 1. The highest BCUT2D eigenvalue weighted by Crippen LogP contribution is 2.30. The molecule has 0 saturated carbocycles. The van der Waals surface area contributed by atoms with Crippen LogP contribution in [0.15, 0.2) is 30.5 Å². The first-order chi connectivity index (χ1) is 14.1. The highest BCUT2D eigenvalue weighted by molar-refractivity contribution is 5.72. The van der Waals surface area contributed by atoms with Crippen molar-refractivity contribution in [2.75, 3.05) is 0 Å². The zero-order valence-corrected chi connectivity index (χ0v) is 18.1. The smallest absolute Gasteiger partial charge is 0.311 e. The molecule has 0 spiro atoms. The summed E-state index contributed by atoms with van der Waals surface area (Å²) in [5, 5.41) is 0. The lowest BCUT2D eigenvalue weighted by molar-refractivity contribution is -0.134. The number of carbonyl (C=O) groups is 1. The third-order valence-corrected chi connectivity index (χ3v) is 6.01. The Morgan fingerprint density at radius 2 is 2.00 bits per heavy atom. The van der Waals surface area contributed by atoms with Gasteiger partial charge in [-0.1, -0.05) is 40.0 Å². The van der Waals surface area contributed by atoms with E-state index in [2.05, 4.69) is 25.8 Å². The number of fused-ring (bicyclic) bond motifs is 1. The molecule has 1 aromatic heterocycles. The Hall–Kier alpha value is -2.23. The monoisotopic (exact) mass is 394 g/mol. The van der Waals surface area contributed by atoms with Crippen LogP contribution in [0.2, 0.25) is 0 Å². The summed E-state index contributed by atoms with van der Waals surface area (Å²) in [6.45, 7) is 6.74. The van der Waals surface area contributed by atoms with Gasteiger partial charge in [0.05, 0.1) is 0 Å². The molecule has 0 bridgehead atoms. The molecule has 2 aromatic rings. The minimum Gasteiger partial charge on any atom is -0.427 e. The number of rotatable bonds is 9. The fourth-order valence-corrected chi connectivity index (χ4v) is 4.03. The molecule has 2 unspecified atom stereocenters. The zero-order valence-electron chi connectivity index (χ0n) is 18.1. The third-order valence-electron chi connectivity index (χ3n) is 6.01. The van der Waals surface area contributed by atoms with E-state index in [9.17, 15) is 4.79 Å². The lowest BCUT2D eigenvalue weighted by atomic mass is 9.81. The molecule has 1 aliphatic rings. The number of hydrogen-bond acceptors (Lipinski definition) is 4. The first-order valence-electron chi connectivity index (χ1n) is 11.2. The number of aromatic nitrogens is 2. The second kappa shape index (κ2) is 10.5. The van der Waals surface area contributed by atoms with Gasteiger partial charge in [-0.15, -0.1) is 0 Å². The Bertz CT molecular complexity index is 801. The molecule has 29 heavy (non-hydrogen) atoms. The Morgan fingerprint density at radius 3 is 2.72 bits per heavy atom. The van der Waals surface area contributed by atoms with E-state index in [1.807, 2.05) is 30.5 Å². The summed E-state index contributed by atoms with van der Waals surface area (Å²) in [6.07, 6.45) is 11.5. The average molecular weight is 395 g/mol. The van der Waals surface area contributed by atoms with E-state index >= 15 is 0 Å². The Kier molecular flexibility index (Phi) is 7.79. The minimum absolute atomic E-state index is 0.164. The van der Waals surface area contributed by atoms with Gasteiger partial charge in [0.1, 0.15) is 5.75 Å². The fraction of sp³-hybridized carbons (Fsp3) is 0.560. The van der Waals surface area contributed by atoms with Gasteiger partial charge in [-0.05, 0) is 73.8 Å². The van der Waals surface area contributed by atoms with Crippen molar-refractivity contribution in [2.24, 2.45) is 11.8 Å². The zero-order chi connectivity index (χ0) is 20.6. The second-order valence-electron chi connectivity index (χ2n) is 8.48. The van der Waals surface area contributed by atoms with Gasteiger partial charge in [0.15, 0.2) is 5.82 Å². The molecule has 1 heterocycles. The van der Waals surface area contributed by atoms with Crippen molar-refractivity contribution in [3.8, 4) is 17.1 Å². The predicted octanol–water partition coefficient (Wildman–Crippen LogP) is 6.17. The molecule has 2 atom stereocenters. The van der Waals surface area contributed by atoms with E-state index < -0.39 is 0 Å². The van der Waals surface area contributed by atoms with Gasteiger partial charge in [0.2, 0.25) is 0 Å². The quantitative estimate of drug-likeness (QED) is 0.290. The van der Waals surface area contributed by atoms with Crippen molar-refractivity contribution in [1.29, 1.82) is 0 Å². The second-order valence-corrected chi connectivity index (χ2v) is 8.48. The molecule has 0 fully saturated rings. The molecular formula is C25H34N2O2. The van der Waals surface area contributed by atoms with Crippen molar-refractivity contribution in [1.82, 2.24) is 9.97 Å². The summed E-state index contributed by atoms with van der Waals surface area (Å²) in [4.78, 5) is 21.3. The van der Waals surface area contributed by atoms with Gasteiger partial charge in [-0.25, -0.2) is 9.97 Å². The van der Waals surface area contributed by atoms with E-state index in [1.54, 1.807) is 0 Å². The van der Waals surface area contributed by atoms with Crippen molar-refractivity contribution in [3.05, 3.63) is 41.7 Å². The summed E-state index contributed by atoms with van der Waals surface area (Å²) in [7, 11) is 0. The van der Waals surface area contributed by atoms with Crippen LogP contribution >= 0.6 is 0 Å². The van der Waals surface area contributed by atoms with Gasteiger partial charge in [-0.2, -0.15) is 0 Å². The maximum atomic E-state index is 11.9. The van der Waals surface area contributed by atoms with Crippen molar-refractivity contribution in [2.45, 2.75) is 78.6 Å². The van der Waals surface area contributed by atoms with E-state index in [0.29, 0.717) is 12.2 Å². The average Bonchev–Trinajstić information content (AvgIpc) is 2.74. The SMILES string of the molecule is CCCCCC(=O)Oc1ccc(-c2ncc3c(n2)CCC(CC(C)CC)C3)cc1. The van der Waals surface area contributed by atoms with E-state index in [1.165, 1.54) is 30.5 Å². The molecule has 3 rings (SSSR count). The fourth-order valence-electron chi connectivity index (χ4n) is 4.03. The Balaban J connectivity index is 1.61. The molecule has 1 aromatic carbocycles. The van der Waals surface area contributed by atoms with Crippen molar-refractivity contribution >= 4 is 5.97 Å². The highest BCUT2D eigenvalue weighted by atomic mass is 16.5. The number of esters is 1. The van der Waals surface area contributed by atoms with Crippen LogP contribution in [0.1, 0.15) is 77.0 Å². The number of unbranched alkanes of at least 4 members (excludes halogenated alkanes) is 2. The summed E-state index contributed by atoms with van der Waals surface area (Å²) >= 11 is 0. The molecule has 0 amide bonds. The van der Waals surface area contributed by atoms with Crippen LogP contribution < -0.4 is 4.74 Å². The van der Waals surface area contributed by atoms with Gasteiger partial charge in [0.25, 0.3) is 0 Å². The largest absolute Gasteiger partial charge is 0.427 e. The normalized spacial score (nSPS) is 16.9. The molecule has 1 aliphatic carbocycles. The predicted molar refractivity (Wildman–Crippen MR) is 117 cm³/mol. The third kappa shape index (κ3) is 6.12. The Morgan fingerprint density at radius 1 is 1.21 bits per heavy atom. The van der Waals surface area contributed by atoms with Crippen LogP contribution in [0, 0.1) is 11.8 Å². The first kappa shape index (κ1) is 21.5. The lowest BCUT2D eigenvalue weighted by Gasteiger charge is -2.26. The van der Waals surface area contributed by atoms with Crippen molar-refractivity contribution in [3.63, 3.8) is 0 Å². The minimum atomic E-state index is -0.164. The maximum absolute atomic E-state index is 11.9. The number of benzene rings is 1. The summed E-state index contributed by atoms with van der Waals surface area (Å²) in [5.41, 5.74) is 3.47.